The van der Waals surface area contributed by atoms with Crippen LogP contribution in [0.3, 0.4) is 0 Å². The summed E-state index contributed by atoms with van der Waals surface area (Å²) in [7, 11) is 1.71. The first-order chi connectivity index (χ1) is 8.10. The second kappa shape index (κ2) is 6.24. The third-order valence-electron chi connectivity index (χ3n) is 2.50. The summed E-state index contributed by atoms with van der Waals surface area (Å²) < 4.78 is 0. The van der Waals surface area contributed by atoms with E-state index in [4.69, 9.17) is 10.9 Å². The maximum atomic E-state index is 12.1. The molecule has 0 aromatic carbocycles. The number of carbonyl (C=O) groups excluding carboxylic acids is 1. The molecular weight excluding hydrogens is 238 g/mol. The summed E-state index contributed by atoms with van der Waals surface area (Å²) in [6, 6.07) is 1.97. The van der Waals surface area contributed by atoms with Gasteiger partial charge in [0.1, 0.15) is 5.84 Å². The molecule has 17 heavy (non-hydrogen) atoms. The van der Waals surface area contributed by atoms with Gasteiger partial charge < -0.3 is 15.8 Å². The maximum Gasteiger partial charge on any atom is 0.263 e. The highest BCUT2D eigenvalue weighted by molar-refractivity contribution is 7.12. The molecule has 0 aliphatic carbocycles. The Hall–Kier alpha value is -1.56. The number of amidine groups is 1. The number of aryl methyl sites for hydroxylation is 1. The van der Waals surface area contributed by atoms with Crippen LogP contribution in [0, 0.1) is 0 Å². The number of carbonyl (C=O) groups is 1. The highest BCUT2D eigenvalue weighted by atomic mass is 32.1. The lowest BCUT2D eigenvalue weighted by molar-refractivity contribution is 0.0802. The summed E-state index contributed by atoms with van der Waals surface area (Å²) in [5.74, 6) is 0.120. The van der Waals surface area contributed by atoms with E-state index in [0.717, 1.165) is 16.9 Å². The number of hydrogen-bond donors (Lipinski definition) is 2. The number of rotatable bonds is 5. The minimum atomic E-state index is -0.0115. The first-order valence-corrected chi connectivity index (χ1v) is 6.26. The van der Waals surface area contributed by atoms with Crippen molar-refractivity contribution in [3.05, 3.63) is 21.9 Å². The lowest BCUT2D eigenvalue weighted by Crippen LogP contribution is -2.30. The average molecular weight is 255 g/mol. The number of oxime groups is 1. The van der Waals surface area contributed by atoms with Gasteiger partial charge in [-0.3, -0.25) is 4.79 Å². The number of amides is 1. The fourth-order valence-corrected chi connectivity index (χ4v) is 2.40. The van der Waals surface area contributed by atoms with E-state index < -0.39 is 0 Å². The third-order valence-corrected chi connectivity index (χ3v) is 3.45. The first kappa shape index (κ1) is 13.5. The van der Waals surface area contributed by atoms with Crippen molar-refractivity contribution in [2.75, 3.05) is 13.6 Å². The number of nitrogens with zero attached hydrogens (tertiary/aromatic N) is 2. The molecule has 0 radical (unpaired) electrons. The van der Waals surface area contributed by atoms with Gasteiger partial charge in [-0.15, -0.1) is 11.3 Å². The lowest BCUT2D eigenvalue weighted by Gasteiger charge is -2.16. The third kappa shape index (κ3) is 3.45. The molecule has 3 N–H and O–H groups in total. The predicted octanol–water partition coefficient (Wildman–Crippen LogP) is 1.52. The Balaban J connectivity index is 2.64. The Morgan fingerprint density at radius 3 is 2.94 bits per heavy atom. The smallest absolute Gasteiger partial charge is 0.263 e. The normalized spacial score (nSPS) is 11.5. The van der Waals surface area contributed by atoms with Gasteiger partial charge in [0, 0.05) is 20.0 Å². The molecule has 0 aliphatic heterocycles. The zero-order valence-corrected chi connectivity index (χ0v) is 10.8. The molecule has 0 bridgehead atoms. The van der Waals surface area contributed by atoms with Crippen LogP contribution in [0.2, 0.25) is 0 Å². The molecule has 94 valence electrons. The van der Waals surface area contributed by atoms with Gasteiger partial charge >= 0.3 is 0 Å². The number of thiophene rings is 1. The van der Waals surface area contributed by atoms with E-state index in [2.05, 4.69) is 5.16 Å². The molecule has 0 fully saturated rings. The molecule has 5 nitrogen and oxygen atoms in total. The van der Waals surface area contributed by atoms with E-state index >= 15 is 0 Å². The summed E-state index contributed by atoms with van der Waals surface area (Å²) in [5, 5.41) is 13.2. The summed E-state index contributed by atoms with van der Waals surface area (Å²) in [6.07, 6.45) is 1.21. The molecule has 1 amide bonds. The Kier molecular flexibility index (Phi) is 4.96. The quantitative estimate of drug-likeness (QED) is 0.362. The van der Waals surface area contributed by atoms with Gasteiger partial charge in [0.2, 0.25) is 0 Å². The topological polar surface area (TPSA) is 78.9 Å². The molecule has 0 spiro atoms. The Morgan fingerprint density at radius 1 is 1.65 bits per heavy atom. The monoisotopic (exact) mass is 255 g/mol. The minimum Gasteiger partial charge on any atom is -0.409 e. The fourth-order valence-electron chi connectivity index (χ4n) is 1.41. The molecule has 1 aromatic heterocycles. The molecule has 0 saturated heterocycles. The summed E-state index contributed by atoms with van der Waals surface area (Å²) >= 11 is 1.45. The molecular formula is C11H17N3O2S. The Labute approximate surface area is 105 Å². The fraction of sp³-hybridized carbons (Fsp3) is 0.455. The SMILES string of the molecule is CCc1ccsc1C(=O)N(C)CCC(N)=NO. The van der Waals surface area contributed by atoms with Crippen molar-refractivity contribution < 1.29 is 10.0 Å². The van der Waals surface area contributed by atoms with E-state index in [1.165, 1.54) is 11.3 Å². The van der Waals surface area contributed by atoms with Gasteiger partial charge in [-0.2, -0.15) is 0 Å². The molecule has 1 aromatic rings. The lowest BCUT2D eigenvalue weighted by atomic mass is 10.2. The van der Waals surface area contributed by atoms with Crippen LogP contribution < -0.4 is 5.73 Å². The summed E-state index contributed by atoms with van der Waals surface area (Å²) in [4.78, 5) is 14.4. The van der Waals surface area contributed by atoms with Crippen molar-refractivity contribution in [3.63, 3.8) is 0 Å². The van der Waals surface area contributed by atoms with Crippen molar-refractivity contribution in [2.45, 2.75) is 19.8 Å². The standard InChI is InChI=1S/C11H17N3O2S/c1-3-8-5-7-17-10(8)11(15)14(2)6-4-9(12)13-16/h5,7,16H,3-4,6H2,1-2H3,(H2,12,13). The largest absolute Gasteiger partial charge is 0.409 e. The van der Waals surface area contributed by atoms with Gasteiger partial charge in [0.05, 0.1) is 4.88 Å². The van der Waals surface area contributed by atoms with Crippen LogP contribution >= 0.6 is 11.3 Å². The zero-order valence-electron chi connectivity index (χ0n) is 10.0. The van der Waals surface area contributed by atoms with Crippen LogP contribution in [0.4, 0.5) is 0 Å². The van der Waals surface area contributed by atoms with E-state index in [1.54, 1.807) is 11.9 Å². The molecule has 1 heterocycles. The first-order valence-electron chi connectivity index (χ1n) is 5.38. The van der Waals surface area contributed by atoms with Gasteiger partial charge in [0.15, 0.2) is 0 Å². The van der Waals surface area contributed by atoms with E-state index in [0.29, 0.717) is 13.0 Å². The molecule has 0 saturated carbocycles. The molecule has 0 unspecified atom stereocenters. The van der Waals surface area contributed by atoms with Crippen molar-refractivity contribution in [1.29, 1.82) is 0 Å². The average Bonchev–Trinajstić information content (AvgIpc) is 2.82. The highest BCUT2D eigenvalue weighted by Gasteiger charge is 2.16. The van der Waals surface area contributed by atoms with E-state index in [1.807, 2.05) is 18.4 Å². The summed E-state index contributed by atoms with van der Waals surface area (Å²) in [6.45, 7) is 2.46. The van der Waals surface area contributed by atoms with Gasteiger partial charge in [0.25, 0.3) is 5.91 Å². The predicted molar refractivity (Wildman–Crippen MR) is 68.7 cm³/mol. The van der Waals surface area contributed by atoms with Crippen LogP contribution in [0.25, 0.3) is 0 Å². The van der Waals surface area contributed by atoms with E-state index in [-0.39, 0.29) is 11.7 Å². The van der Waals surface area contributed by atoms with Gasteiger partial charge in [-0.1, -0.05) is 12.1 Å². The molecule has 0 aliphatic rings. The van der Waals surface area contributed by atoms with Crippen LogP contribution in [0.5, 0.6) is 0 Å². The zero-order chi connectivity index (χ0) is 12.8. The van der Waals surface area contributed by atoms with Crippen LogP contribution in [-0.4, -0.2) is 35.4 Å². The molecule has 1 rings (SSSR count). The maximum absolute atomic E-state index is 12.1. The van der Waals surface area contributed by atoms with Crippen LogP contribution in [-0.2, 0) is 6.42 Å². The van der Waals surface area contributed by atoms with Crippen molar-refractivity contribution in [2.24, 2.45) is 10.9 Å². The second-order valence-corrected chi connectivity index (χ2v) is 4.61. The highest BCUT2D eigenvalue weighted by Crippen LogP contribution is 2.19. The molecule has 0 atom stereocenters. The number of nitrogens with two attached hydrogens (primary N) is 1. The minimum absolute atomic E-state index is 0.0115. The number of hydrogen-bond acceptors (Lipinski definition) is 4. The van der Waals surface area contributed by atoms with Crippen LogP contribution in [0.1, 0.15) is 28.6 Å². The van der Waals surface area contributed by atoms with E-state index in [9.17, 15) is 4.79 Å². The van der Waals surface area contributed by atoms with Crippen LogP contribution in [0.15, 0.2) is 16.6 Å². The van der Waals surface area contributed by atoms with Gasteiger partial charge in [-0.25, -0.2) is 0 Å². The second-order valence-electron chi connectivity index (χ2n) is 3.70. The van der Waals surface area contributed by atoms with Crippen molar-refractivity contribution in [3.8, 4) is 0 Å². The Morgan fingerprint density at radius 2 is 2.35 bits per heavy atom. The van der Waals surface area contributed by atoms with Crippen molar-refractivity contribution in [1.82, 2.24) is 4.90 Å². The van der Waals surface area contributed by atoms with Gasteiger partial charge in [-0.05, 0) is 23.4 Å². The summed E-state index contributed by atoms with van der Waals surface area (Å²) in [5.41, 5.74) is 6.43. The molecule has 6 heteroatoms. The van der Waals surface area contributed by atoms with Crippen molar-refractivity contribution >= 4 is 23.1 Å². The Bertz CT molecular complexity index is 415.